The number of aromatic nitrogens is 1. The van der Waals surface area contributed by atoms with E-state index in [1.807, 2.05) is 6.92 Å². The van der Waals surface area contributed by atoms with Gasteiger partial charge < -0.3 is 9.64 Å². The van der Waals surface area contributed by atoms with Crippen molar-refractivity contribution in [2.45, 2.75) is 6.92 Å². The molecule has 0 unspecified atom stereocenters. The predicted molar refractivity (Wildman–Crippen MR) is 77.3 cm³/mol. The maximum atomic E-state index is 13.9. The van der Waals surface area contributed by atoms with Crippen LogP contribution in [0.4, 0.5) is 14.5 Å². The summed E-state index contributed by atoms with van der Waals surface area (Å²) in [5, 5.41) is 0. The van der Waals surface area contributed by atoms with Crippen molar-refractivity contribution >= 4 is 21.6 Å². The van der Waals surface area contributed by atoms with Crippen molar-refractivity contribution in [3.05, 3.63) is 46.6 Å². The molecule has 0 amide bonds. The van der Waals surface area contributed by atoms with Crippen LogP contribution in [0, 0.1) is 11.6 Å². The lowest BCUT2D eigenvalue weighted by atomic mass is 10.2. The van der Waals surface area contributed by atoms with Gasteiger partial charge >= 0.3 is 0 Å². The van der Waals surface area contributed by atoms with Gasteiger partial charge in [-0.15, -0.1) is 0 Å². The molecule has 1 aromatic carbocycles. The number of hydrogen-bond donors (Lipinski definition) is 0. The first-order valence-electron chi connectivity index (χ1n) is 6.01. The minimum atomic E-state index is -0.633. The molecule has 2 aromatic rings. The molecular weight excluding hydrogens is 330 g/mol. The van der Waals surface area contributed by atoms with Crippen molar-refractivity contribution in [3.63, 3.8) is 0 Å². The summed E-state index contributed by atoms with van der Waals surface area (Å²) in [6, 6.07) is 5.41. The minimum absolute atomic E-state index is 0.189. The van der Waals surface area contributed by atoms with Crippen LogP contribution in [0.1, 0.15) is 6.92 Å². The van der Waals surface area contributed by atoms with Gasteiger partial charge in [-0.3, -0.25) is 0 Å². The van der Waals surface area contributed by atoms with Crippen LogP contribution < -0.4 is 9.64 Å². The normalized spacial score (nSPS) is 10.4. The largest absolute Gasteiger partial charge is 0.436 e. The molecule has 0 bridgehead atoms. The van der Waals surface area contributed by atoms with Gasteiger partial charge in [0.25, 0.3) is 0 Å². The molecule has 1 heterocycles. The monoisotopic (exact) mass is 342 g/mol. The van der Waals surface area contributed by atoms with Crippen molar-refractivity contribution in [1.29, 1.82) is 0 Å². The van der Waals surface area contributed by atoms with E-state index in [9.17, 15) is 8.78 Å². The van der Waals surface area contributed by atoms with Crippen LogP contribution in [0.2, 0.25) is 0 Å². The number of rotatable bonds is 4. The van der Waals surface area contributed by atoms with Gasteiger partial charge in [-0.1, -0.05) is 0 Å². The second-order valence-corrected chi connectivity index (χ2v) is 5.08. The van der Waals surface area contributed by atoms with Crippen LogP contribution in [-0.2, 0) is 0 Å². The van der Waals surface area contributed by atoms with Gasteiger partial charge in [0.2, 0.25) is 5.88 Å². The van der Waals surface area contributed by atoms with Crippen LogP contribution in [0.25, 0.3) is 0 Å². The Morgan fingerprint density at radius 1 is 1.25 bits per heavy atom. The summed E-state index contributed by atoms with van der Waals surface area (Å²) in [5.41, 5.74) is 0.195. The zero-order chi connectivity index (χ0) is 14.7. The molecule has 0 fully saturated rings. The van der Waals surface area contributed by atoms with Gasteiger partial charge in [-0.05, 0) is 28.9 Å². The van der Waals surface area contributed by atoms with Gasteiger partial charge in [0, 0.05) is 42.5 Å². The van der Waals surface area contributed by atoms with E-state index >= 15 is 0 Å². The van der Waals surface area contributed by atoms with E-state index in [2.05, 4.69) is 20.9 Å². The molecule has 0 aliphatic heterocycles. The van der Waals surface area contributed by atoms with Gasteiger partial charge in [0.15, 0.2) is 11.6 Å². The summed E-state index contributed by atoms with van der Waals surface area (Å²) in [6.45, 7) is 2.43. The molecule has 3 nitrogen and oxygen atoms in total. The van der Waals surface area contributed by atoms with Crippen molar-refractivity contribution in [2.24, 2.45) is 0 Å². The fourth-order valence-corrected chi connectivity index (χ4v) is 1.83. The number of ether oxygens (including phenoxy) is 1. The number of nitrogens with zero attached hydrogens (tertiary/aromatic N) is 2. The van der Waals surface area contributed by atoms with E-state index in [1.165, 1.54) is 6.20 Å². The molecule has 0 N–H and O–H groups in total. The minimum Gasteiger partial charge on any atom is -0.436 e. The highest BCUT2D eigenvalue weighted by molar-refractivity contribution is 9.10. The average Bonchev–Trinajstić information content (AvgIpc) is 2.44. The van der Waals surface area contributed by atoms with E-state index in [0.717, 1.165) is 16.6 Å². The zero-order valence-corrected chi connectivity index (χ0v) is 12.6. The molecule has 6 heteroatoms. The van der Waals surface area contributed by atoms with Gasteiger partial charge in [0.1, 0.15) is 5.82 Å². The fourth-order valence-electron chi connectivity index (χ4n) is 1.59. The Morgan fingerprint density at radius 3 is 2.60 bits per heavy atom. The first kappa shape index (κ1) is 14.7. The summed E-state index contributed by atoms with van der Waals surface area (Å²) in [4.78, 5) is 5.56. The predicted octanol–water partition coefficient (Wildman–Crippen LogP) is 4.37. The Balaban J connectivity index is 2.29. The Bertz CT molecular complexity index is 605. The summed E-state index contributed by atoms with van der Waals surface area (Å²) < 4.78 is 33.9. The first-order chi connectivity index (χ1) is 9.51. The molecule has 106 valence electrons. The van der Waals surface area contributed by atoms with Crippen molar-refractivity contribution < 1.29 is 13.5 Å². The van der Waals surface area contributed by atoms with Crippen molar-refractivity contribution in [1.82, 2.24) is 4.98 Å². The number of halogens is 3. The third-order valence-electron chi connectivity index (χ3n) is 2.80. The highest BCUT2D eigenvalue weighted by Crippen LogP contribution is 2.30. The summed E-state index contributed by atoms with van der Waals surface area (Å²) >= 11 is 3.23. The molecule has 0 saturated heterocycles. The molecule has 0 radical (unpaired) electrons. The average molecular weight is 343 g/mol. The summed E-state index contributed by atoms with van der Waals surface area (Å²) in [5.74, 6) is -1.16. The molecule has 20 heavy (non-hydrogen) atoms. The van der Waals surface area contributed by atoms with Gasteiger partial charge in [-0.2, -0.15) is 0 Å². The quantitative estimate of drug-likeness (QED) is 0.824. The van der Waals surface area contributed by atoms with E-state index in [4.69, 9.17) is 4.74 Å². The van der Waals surface area contributed by atoms with Crippen LogP contribution in [-0.4, -0.2) is 18.6 Å². The van der Waals surface area contributed by atoms with E-state index in [-0.39, 0.29) is 17.3 Å². The third-order valence-corrected chi connectivity index (χ3v) is 3.27. The Labute approximate surface area is 124 Å². The second-order valence-electron chi connectivity index (χ2n) is 4.16. The first-order valence-corrected chi connectivity index (χ1v) is 6.80. The second kappa shape index (κ2) is 6.17. The lowest BCUT2D eigenvalue weighted by Crippen LogP contribution is -2.17. The Morgan fingerprint density at radius 2 is 2.00 bits per heavy atom. The molecule has 0 spiro atoms. The molecule has 0 aliphatic rings. The Hall–Kier alpha value is -1.69. The number of pyridine rings is 1. The summed E-state index contributed by atoms with van der Waals surface area (Å²) in [6.07, 6.45) is 1.52. The van der Waals surface area contributed by atoms with Gasteiger partial charge in [-0.25, -0.2) is 13.8 Å². The molecule has 0 atom stereocenters. The van der Waals surface area contributed by atoms with E-state index in [0.29, 0.717) is 6.54 Å². The topological polar surface area (TPSA) is 25.4 Å². The van der Waals surface area contributed by atoms with Gasteiger partial charge in [0.05, 0.1) is 5.69 Å². The van der Waals surface area contributed by atoms with E-state index < -0.39 is 11.6 Å². The van der Waals surface area contributed by atoms with Crippen LogP contribution in [0.15, 0.2) is 34.9 Å². The Kier molecular flexibility index (Phi) is 4.54. The highest BCUT2D eigenvalue weighted by atomic mass is 79.9. The SMILES string of the molecule is CCN(C)c1cc(F)c(Oc2ccc(Br)cn2)cc1F. The molecular formula is C14H13BrF2N2O. The van der Waals surface area contributed by atoms with Crippen LogP contribution in [0.3, 0.4) is 0 Å². The zero-order valence-electron chi connectivity index (χ0n) is 11.0. The highest BCUT2D eigenvalue weighted by Gasteiger charge is 2.14. The lowest BCUT2D eigenvalue weighted by Gasteiger charge is -2.18. The van der Waals surface area contributed by atoms with Crippen LogP contribution in [0.5, 0.6) is 11.6 Å². The van der Waals surface area contributed by atoms with E-state index in [1.54, 1.807) is 24.1 Å². The maximum absolute atomic E-state index is 13.9. The van der Waals surface area contributed by atoms with Crippen molar-refractivity contribution in [3.8, 4) is 11.6 Å². The third kappa shape index (κ3) is 3.25. The number of benzene rings is 1. The molecule has 2 rings (SSSR count). The number of hydrogen-bond acceptors (Lipinski definition) is 3. The lowest BCUT2D eigenvalue weighted by molar-refractivity contribution is 0.422. The summed E-state index contributed by atoms with van der Waals surface area (Å²) in [7, 11) is 1.69. The maximum Gasteiger partial charge on any atom is 0.219 e. The number of anilines is 1. The standard InChI is InChI=1S/C14H13BrF2N2O/c1-3-19(2)12-6-11(17)13(7-10(12)16)20-14-5-4-9(15)8-18-14/h4-8H,3H2,1-2H3. The fraction of sp³-hybridized carbons (Fsp3) is 0.214. The molecule has 0 saturated carbocycles. The van der Waals surface area contributed by atoms with Crippen LogP contribution >= 0.6 is 15.9 Å². The smallest absolute Gasteiger partial charge is 0.219 e. The molecule has 0 aliphatic carbocycles. The molecule has 1 aromatic heterocycles. The van der Waals surface area contributed by atoms with Crippen molar-refractivity contribution in [2.75, 3.05) is 18.5 Å².